The quantitative estimate of drug-likeness (QED) is 0.0173. The molecule has 2 heterocycles. The molecule has 12 atom stereocenters. The molecule has 1 unspecified atom stereocenters. The second-order valence-corrected chi connectivity index (χ2v) is 33.0. The molecule has 2 saturated heterocycles. The van der Waals surface area contributed by atoms with Crippen LogP contribution < -0.4 is 53.0 Å². The number of likely N-dealkylation sites (tertiary alicyclic amines) is 2. The van der Waals surface area contributed by atoms with E-state index < -0.39 is 125 Å². The second kappa shape index (κ2) is 45.7. The number of ether oxygens (including phenoxy) is 5. The number of hydrogen-bond donors (Lipinski definition) is 10. The van der Waals surface area contributed by atoms with Crippen LogP contribution in [0.4, 0.5) is 20.1 Å². The number of nitrogens with one attached hydrogen (secondary N) is 8. The number of likely N-dealkylation sites (N-methyl/N-ethyl adjacent to an activating group) is 2. The van der Waals surface area contributed by atoms with Gasteiger partial charge in [0, 0.05) is 83.7 Å². The molecule has 0 spiro atoms. The number of hydrogen-bond acceptors (Lipinski definition) is 21. The summed E-state index contributed by atoms with van der Waals surface area (Å²) in [6.45, 7) is 15.8. The highest BCUT2D eigenvalue weighted by molar-refractivity contribution is 8.00. The number of thioether (sulfide) groups is 1. The van der Waals surface area contributed by atoms with Gasteiger partial charge in [0.05, 0.1) is 74.5 Å². The van der Waals surface area contributed by atoms with E-state index in [0.29, 0.717) is 54.0 Å². The van der Waals surface area contributed by atoms with Crippen molar-refractivity contribution in [2.45, 2.75) is 212 Å². The first-order valence-electron chi connectivity index (χ1n) is 40.0. The molecular formula is C82H123N13O20S. The topological polar surface area (TPSA) is 441 Å². The van der Waals surface area contributed by atoms with Gasteiger partial charge in [-0.3, -0.25) is 62.5 Å². The number of Topliss-reactive ketones (excluding diaryl/α,β-unsaturated/α-hetero) is 1. The van der Waals surface area contributed by atoms with E-state index in [9.17, 15) is 67.4 Å². The smallest absolute Gasteiger partial charge is 0.407 e. The third-order valence-corrected chi connectivity index (χ3v) is 23.3. The molecule has 3 aliphatic rings. The SMILES string of the molecule is CC[C@H](C)[C@@H]([C@@H](CC(=O)N1C[C@@H](OC(=O)NCCNC(=O)OCc2ccc(NC(=O)[C@H](CCCNC(N)=O)NC(=O)[C@@H](NC(=O)CCCCCN3C(=O)CC(SCC4(CC(=O)O)CC4)C3=O)C(C)C)cc2)C[C@H]1[C@H](OC)[C@@H](C)C(=O)NCC(=O)c1ccc2cc(OC)ccc2c1)OC)N(C)C(=O)[C@@H](NC(=O)[C@H](C(C)C)N(C)C)C(C)C. The van der Waals surface area contributed by atoms with Crippen molar-refractivity contribution in [2.75, 3.05) is 92.8 Å². The summed E-state index contributed by atoms with van der Waals surface area (Å²) in [5, 5.41) is 32.1. The molecule has 0 bridgehead atoms. The molecule has 116 heavy (non-hydrogen) atoms. The van der Waals surface area contributed by atoms with Gasteiger partial charge in [-0.05, 0) is 128 Å². The minimum atomic E-state index is -1.14. The van der Waals surface area contributed by atoms with Gasteiger partial charge in [-0.25, -0.2) is 14.4 Å². The normalized spacial score (nSPS) is 18.0. The zero-order valence-electron chi connectivity index (χ0n) is 69.8. The third kappa shape index (κ3) is 28.3. The second-order valence-electron chi connectivity index (χ2n) is 31.8. The number of ketones is 1. The van der Waals surface area contributed by atoms with Crippen LogP contribution in [0, 0.1) is 35.0 Å². The number of amides is 13. The van der Waals surface area contributed by atoms with E-state index in [1.165, 1.54) is 35.8 Å². The van der Waals surface area contributed by atoms with Gasteiger partial charge in [-0.2, -0.15) is 0 Å². The Labute approximate surface area is 684 Å². The van der Waals surface area contributed by atoms with Gasteiger partial charge in [0.25, 0.3) is 0 Å². The maximum Gasteiger partial charge on any atom is 0.407 e. The number of nitrogens with zero attached hydrogens (tertiary/aromatic N) is 4. The number of nitrogens with two attached hydrogens (primary N) is 1. The Bertz CT molecular complexity index is 3890. The van der Waals surface area contributed by atoms with E-state index in [2.05, 4.69) is 42.5 Å². The number of carbonyl (C=O) groups is 14. The van der Waals surface area contributed by atoms with E-state index in [0.717, 1.165) is 23.6 Å². The zero-order valence-corrected chi connectivity index (χ0v) is 70.6. The van der Waals surface area contributed by atoms with Crippen LogP contribution >= 0.6 is 11.8 Å². The molecule has 13 amide bonds. The standard InChI is InChI=1S/C82H123N13O20S/c1-16-50(8)71(93(12)78(107)69(48(4)5)91-76(105)70(49(6)7)92(10)11)62(112-14)40-65(98)95-44-58(39-60(95)72(113-15)51(9)73(102)87-43-61(96)55-26-25-54-38-57(111-13)30-27-53(54)37-55)115-81(110)86-35-34-85-80(109)114-45-52-23-28-56(29-24-52)88-74(103)59(21-20-33-84-79(83)108)89-75(104)68(47(2)3)90-64(97)22-18-17-19-36-94-66(99)41-63(77(94)106)116-46-82(31-32-82)42-67(100)101/h23-30,37-38,47-51,58-60,62-63,68-72H,16-22,31-36,39-46H2,1-15H3,(H,85,109)(H,86,110)(H,87,102)(H,88,103)(H,89,104)(H,90,97)(H,91,105)(H,100,101)(H3,83,84,108)/t50-,51+,58-,59-,60-,62+,63?,68-,69-,70-,71-,72+/m0/s1. The molecule has 3 fully saturated rings. The van der Waals surface area contributed by atoms with Gasteiger partial charge in [0.15, 0.2) is 5.78 Å². The predicted octanol–water partition coefficient (Wildman–Crippen LogP) is 6.11. The maximum absolute atomic E-state index is 15.1. The summed E-state index contributed by atoms with van der Waals surface area (Å²) < 4.78 is 28.9. The average molecular weight is 1640 g/mol. The Balaban J connectivity index is 1.02. The van der Waals surface area contributed by atoms with Crippen molar-refractivity contribution < 1.29 is 95.9 Å². The fraction of sp³-hybridized carbons (Fsp3) is 0.634. The van der Waals surface area contributed by atoms with Gasteiger partial charge in [0.2, 0.25) is 53.2 Å². The molecule has 11 N–H and O–H groups in total. The molecule has 642 valence electrons. The Kier molecular flexibility index (Phi) is 37.5. The van der Waals surface area contributed by atoms with Crippen molar-refractivity contribution in [1.29, 1.82) is 0 Å². The van der Waals surface area contributed by atoms with Gasteiger partial charge >= 0.3 is 24.2 Å². The number of imide groups is 1. The first kappa shape index (κ1) is 95.2. The maximum atomic E-state index is 15.1. The molecule has 3 aromatic carbocycles. The fourth-order valence-corrected chi connectivity index (χ4v) is 16.3. The number of unbranched alkanes of at least 4 members (excludes halogenated alkanes) is 2. The largest absolute Gasteiger partial charge is 0.497 e. The number of rotatable bonds is 48. The predicted molar refractivity (Wildman–Crippen MR) is 435 cm³/mol. The van der Waals surface area contributed by atoms with E-state index in [4.69, 9.17) is 29.4 Å². The van der Waals surface area contributed by atoms with Crippen molar-refractivity contribution in [1.82, 2.24) is 56.8 Å². The summed E-state index contributed by atoms with van der Waals surface area (Å²) in [5.74, 6) is -6.00. The highest BCUT2D eigenvalue weighted by Gasteiger charge is 2.49. The molecule has 2 aliphatic heterocycles. The molecule has 1 aliphatic carbocycles. The fourth-order valence-electron chi connectivity index (χ4n) is 14.8. The monoisotopic (exact) mass is 1640 g/mol. The van der Waals surface area contributed by atoms with Gasteiger partial charge in [-0.15, -0.1) is 11.8 Å². The zero-order chi connectivity index (χ0) is 85.8. The van der Waals surface area contributed by atoms with Crippen LogP contribution in [0.3, 0.4) is 0 Å². The molecular weight excluding hydrogens is 1520 g/mol. The number of carboxylic acids is 1. The minimum absolute atomic E-state index is 0.00409. The number of anilines is 1. The Morgan fingerprint density at radius 1 is 0.707 bits per heavy atom. The number of benzene rings is 3. The number of carboxylic acid groups (broad SMARTS) is 1. The van der Waals surface area contributed by atoms with Gasteiger partial charge < -0.3 is 86.9 Å². The van der Waals surface area contributed by atoms with Crippen molar-refractivity contribution in [2.24, 2.45) is 40.7 Å². The number of methoxy groups -OCH3 is 3. The first-order valence-corrected chi connectivity index (χ1v) is 41.0. The highest BCUT2D eigenvalue weighted by Crippen LogP contribution is 2.52. The van der Waals surface area contributed by atoms with E-state index in [1.54, 1.807) is 107 Å². The first-order chi connectivity index (χ1) is 54.9. The van der Waals surface area contributed by atoms with Gasteiger partial charge in [-0.1, -0.05) is 105 Å². The molecule has 3 aromatic rings. The summed E-state index contributed by atoms with van der Waals surface area (Å²) in [4.78, 5) is 193. The Morgan fingerprint density at radius 2 is 1.37 bits per heavy atom. The third-order valence-electron chi connectivity index (χ3n) is 21.7. The van der Waals surface area contributed by atoms with Crippen molar-refractivity contribution in [3.8, 4) is 5.75 Å². The average Bonchev–Trinajstić information content (AvgIpc) is 1.63. The lowest BCUT2D eigenvalue weighted by molar-refractivity contribution is -0.148. The molecule has 33 nitrogen and oxygen atoms in total. The summed E-state index contributed by atoms with van der Waals surface area (Å²) in [6, 6.07) is 11.0. The number of fused-ring (bicyclic) bond motifs is 1. The molecule has 34 heteroatoms. The van der Waals surface area contributed by atoms with Crippen LogP contribution in [-0.2, 0) is 73.5 Å². The lowest BCUT2D eigenvalue weighted by Crippen LogP contribution is -2.59. The minimum Gasteiger partial charge on any atom is -0.497 e. The molecule has 1 saturated carbocycles. The molecule has 6 rings (SSSR count). The van der Waals surface area contributed by atoms with E-state index in [1.807, 2.05) is 53.7 Å². The van der Waals surface area contributed by atoms with Crippen LogP contribution in [0.1, 0.15) is 162 Å². The summed E-state index contributed by atoms with van der Waals surface area (Å²) in [5.41, 5.74) is 6.15. The van der Waals surface area contributed by atoms with Crippen molar-refractivity contribution in [3.05, 3.63) is 71.8 Å². The van der Waals surface area contributed by atoms with E-state index in [-0.39, 0.29) is 143 Å². The lowest BCUT2D eigenvalue weighted by atomic mass is 9.89. The van der Waals surface area contributed by atoms with Gasteiger partial charge in [0.1, 0.15) is 36.6 Å². The number of alkyl carbamates (subject to hydrolysis) is 2. The van der Waals surface area contributed by atoms with Crippen LogP contribution in [-0.4, -0.2) is 255 Å². The summed E-state index contributed by atoms with van der Waals surface area (Å²) in [7, 11) is 9.64. The summed E-state index contributed by atoms with van der Waals surface area (Å²) >= 11 is 1.34. The van der Waals surface area contributed by atoms with Crippen LogP contribution in [0.5, 0.6) is 5.75 Å². The number of urea groups is 1. The van der Waals surface area contributed by atoms with E-state index >= 15 is 4.79 Å². The molecule has 0 aromatic heterocycles. The Morgan fingerprint density at radius 3 is 1.97 bits per heavy atom. The summed E-state index contributed by atoms with van der Waals surface area (Å²) in [6.07, 6.45) is -0.944. The highest BCUT2D eigenvalue weighted by atomic mass is 32.2. The van der Waals surface area contributed by atoms with Crippen molar-refractivity contribution >= 4 is 111 Å². The Hall–Kier alpha value is -9.67. The molecule has 0 radical (unpaired) electrons. The van der Waals surface area contributed by atoms with Crippen molar-refractivity contribution in [3.63, 3.8) is 0 Å². The van der Waals surface area contributed by atoms with Crippen LogP contribution in [0.2, 0.25) is 0 Å². The van der Waals surface area contributed by atoms with Crippen LogP contribution in [0.25, 0.3) is 10.8 Å². The number of primary amides is 1. The van der Waals surface area contributed by atoms with Crippen LogP contribution in [0.15, 0.2) is 60.7 Å². The number of carbonyl (C=O) groups excluding carboxylic acids is 13. The number of aliphatic carboxylic acids is 1. The lowest BCUT2D eigenvalue weighted by Gasteiger charge is -2.41.